The Bertz CT molecular complexity index is 499. The molecule has 1 heterocycles. The molecule has 0 saturated carbocycles. The van der Waals surface area contributed by atoms with E-state index in [0.717, 1.165) is 6.42 Å². The second-order valence-corrected chi connectivity index (χ2v) is 5.48. The molecule has 0 saturated heterocycles. The molecule has 1 aromatic carbocycles. The monoisotopic (exact) mass is 283 g/mol. The molecular formula is C14H15ClFNS. The molecule has 2 aromatic rings. The topological polar surface area (TPSA) is 12.0 Å². The number of rotatable bonds is 5. The Morgan fingerprint density at radius 2 is 2.17 bits per heavy atom. The van der Waals surface area contributed by atoms with Gasteiger partial charge in [-0.2, -0.15) is 11.3 Å². The first-order valence-electron chi connectivity index (χ1n) is 5.81. The Morgan fingerprint density at radius 3 is 2.83 bits per heavy atom. The molecule has 1 N–H and O–H groups in total. The van der Waals surface area contributed by atoms with Crippen LogP contribution in [0.15, 0.2) is 35.0 Å². The lowest BCUT2D eigenvalue weighted by Gasteiger charge is -2.16. The SMILES string of the molecule is CNC(Cc1ccsc1)Cc1cc(Cl)ccc1F. The van der Waals surface area contributed by atoms with Crippen LogP contribution in [0.25, 0.3) is 0 Å². The van der Waals surface area contributed by atoms with E-state index in [1.807, 2.05) is 7.05 Å². The molecule has 0 spiro atoms. The maximum atomic E-state index is 13.7. The number of hydrogen-bond acceptors (Lipinski definition) is 2. The van der Waals surface area contributed by atoms with Crippen LogP contribution in [-0.2, 0) is 12.8 Å². The van der Waals surface area contributed by atoms with Crippen LogP contribution < -0.4 is 5.32 Å². The summed E-state index contributed by atoms with van der Waals surface area (Å²) in [6.07, 6.45) is 1.53. The first kappa shape index (κ1) is 13.5. The Kier molecular flexibility index (Phi) is 4.75. The minimum absolute atomic E-state index is 0.190. The number of likely N-dealkylation sites (N-methyl/N-ethyl adjacent to an activating group) is 1. The number of hydrogen-bond donors (Lipinski definition) is 1. The molecule has 0 amide bonds. The van der Waals surface area contributed by atoms with Gasteiger partial charge < -0.3 is 5.32 Å². The van der Waals surface area contributed by atoms with Gasteiger partial charge in [-0.15, -0.1) is 0 Å². The van der Waals surface area contributed by atoms with Crippen molar-refractivity contribution < 1.29 is 4.39 Å². The summed E-state index contributed by atoms with van der Waals surface area (Å²) >= 11 is 7.58. The Labute approximate surface area is 116 Å². The normalized spacial score (nSPS) is 12.6. The molecule has 1 aromatic heterocycles. The molecule has 18 heavy (non-hydrogen) atoms. The number of thiophene rings is 1. The van der Waals surface area contributed by atoms with E-state index in [4.69, 9.17) is 11.6 Å². The quantitative estimate of drug-likeness (QED) is 0.877. The third-order valence-corrected chi connectivity index (χ3v) is 3.91. The predicted octanol–water partition coefficient (Wildman–Crippen LogP) is 3.91. The second-order valence-electron chi connectivity index (χ2n) is 4.26. The highest BCUT2D eigenvalue weighted by atomic mass is 35.5. The molecule has 0 aliphatic heterocycles. The molecule has 1 nitrogen and oxygen atoms in total. The van der Waals surface area contributed by atoms with Gasteiger partial charge in [0.05, 0.1) is 0 Å². The molecule has 0 fully saturated rings. The highest BCUT2D eigenvalue weighted by Crippen LogP contribution is 2.18. The van der Waals surface area contributed by atoms with E-state index in [1.165, 1.54) is 11.6 Å². The average Bonchev–Trinajstić information content (AvgIpc) is 2.85. The van der Waals surface area contributed by atoms with Crippen LogP contribution >= 0.6 is 22.9 Å². The van der Waals surface area contributed by atoms with Crippen molar-refractivity contribution in [1.29, 1.82) is 0 Å². The van der Waals surface area contributed by atoms with Crippen LogP contribution in [0.3, 0.4) is 0 Å². The highest BCUT2D eigenvalue weighted by Gasteiger charge is 2.12. The average molecular weight is 284 g/mol. The molecule has 0 radical (unpaired) electrons. The zero-order valence-electron chi connectivity index (χ0n) is 10.1. The van der Waals surface area contributed by atoms with Gasteiger partial charge in [0.15, 0.2) is 0 Å². The summed E-state index contributed by atoms with van der Waals surface area (Å²) in [7, 11) is 1.90. The van der Waals surface area contributed by atoms with Gasteiger partial charge in [-0.1, -0.05) is 11.6 Å². The third kappa shape index (κ3) is 3.55. The van der Waals surface area contributed by atoms with Gasteiger partial charge in [-0.3, -0.25) is 0 Å². The third-order valence-electron chi connectivity index (χ3n) is 2.94. The van der Waals surface area contributed by atoms with Crippen LogP contribution in [0, 0.1) is 5.82 Å². The van der Waals surface area contributed by atoms with Crippen LogP contribution in [0.1, 0.15) is 11.1 Å². The van der Waals surface area contributed by atoms with Gasteiger partial charge in [0.1, 0.15) is 5.82 Å². The van der Waals surface area contributed by atoms with Gasteiger partial charge >= 0.3 is 0 Å². The molecule has 4 heteroatoms. The first-order valence-corrected chi connectivity index (χ1v) is 7.13. The standard InChI is InChI=1S/C14H15ClFNS/c1-17-13(6-10-4-5-18-9-10)8-11-7-12(15)2-3-14(11)16/h2-5,7,9,13,17H,6,8H2,1H3. The molecule has 2 rings (SSSR count). The van der Waals surface area contributed by atoms with E-state index in [1.54, 1.807) is 23.5 Å². The van der Waals surface area contributed by atoms with Gasteiger partial charge in [0, 0.05) is 11.1 Å². The molecule has 0 aliphatic rings. The van der Waals surface area contributed by atoms with Crippen molar-refractivity contribution in [3.05, 3.63) is 57.0 Å². The van der Waals surface area contributed by atoms with Gasteiger partial charge in [-0.05, 0) is 66.0 Å². The first-order chi connectivity index (χ1) is 8.69. The van der Waals surface area contributed by atoms with Crippen molar-refractivity contribution in [2.24, 2.45) is 0 Å². The lowest BCUT2D eigenvalue weighted by molar-refractivity contribution is 0.532. The number of nitrogens with one attached hydrogen (secondary N) is 1. The van der Waals surface area contributed by atoms with Crippen molar-refractivity contribution in [2.45, 2.75) is 18.9 Å². The zero-order chi connectivity index (χ0) is 13.0. The fourth-order valence-corrected chi connectivity index (χ4v) is 2.81. The van der Waals surface area contributed by atoms with Crippen molar-refractivity contribution in [1.82, 2.24) is 5.32 Å². The maximum Gasteiger partial charge on any atom is 0.126 e. The van der Waals surface area contributed by atoms with Crippen molar-refractivity contribution >= 4 is 22.9 Å². The fourth-order valence-electron chi connectivity index (χ4n) is 1.93. The summed E-state index contributed by atoms with van der Waals surface area (Å²) in [6, 6.07) is 7.02. The number of halogens is 2. The van der Waals surface area contributed by atoms with Gasteiger partial charge in [0.25, 0.3) is 0 Å². The Balaban J connectivity index is 2.07. The van der Waals surface area contributed by atoms with E-state index >= 15 is 0 Å². The summed E-state index contributed by atoms with van der Waals surface area (Å²) < 4.78 is 13.7. The largest absolute Gasteiger partial charge is 0.316 e. The Morgan fingerprint density at radius 1 is 1.33 bits per heavy atom. The summed E-state index contributed by atoms with van der Waals surface area (Å²) in [5.41, 5.74) is 1.94. The van der Waals surface area contributed by atoms with E-state index in [2.05, 4.69) is 22.1 Å². The van der Waals surface area contributed by atoms with Gasteiger partial charge in [-0.25, -0.2) is 4.39 Å². The molecule has 1 unspecified atom stereocenters. The molecule has 96 valence electrons. The van der Waals surface area contributed by atoms with Crippen molar-refractivity contribution in [3.8, 4) is 0 Å². The lowest BCUT2D eigenvalue weighted by Crippen LogP contribution is -2.30. The summed E-state index contributed by atoms with van der Waals surface area (Å²) in [5.74, 6) is -0.190. The van der Waals surface area contributed by atoms with Gasteiger partial charge in [0.2, 0.25) is 0 Å². The molecule has 0 aliphatic carbocycles. The summed E-state index contributed by atoms with van der Waals surface area (Å²) in [4.78, 5) is 0. The van der Waals surface area contributed by atoms with E-state index in [9.17, 15) is 4.39 Å². The van der Waals surface area contributed by atoms with Crippen LogP contribution in [0.5, 0.6) is 0 Å². The van der Waals surface area contributed by atoms with Crippen LogP contribution in [-0.4, -0.2) is 13.1 Å². The minimum atomic E-state index is -0.190. The molecular weight excluding hydrogens is 269 g/mol. The minimum Gasteiger partial charge on any atom is -0.316 e. The highest BCUT2D eigenvalue weighted by molar-refractivity contribution is 7.07. The number of benzene rings is 1. The molecule has 1 atom stereocenters. The lowest BCUT2D eigenvalue weighted by atomic mass is 10.0. The predicted molar refractivity (Wildman–Crippen MR) is 76.0 cm³/mol. The summed E-state index contributed by atoms with van der Waals surface area (Å²) in [5, 5.41) is 7.99. The zero-order valence-corrected chi connectivity index (χ0v) is 11.7. The fraction of sp³-hybridized carbons (Fsp3) is 0.286. The van der Waals surface area contributed by atoms with Crippen LogP contribution in [0.4, 0.5) is 4.39 Å². The smallest absolute Gasteiger partial charge is 0.126 e. The molecule has 0 bridgehead atoms. The van der Waals surface area contributed by atoms with E-state index < -0.39 is 0 Å². The van der Waals surface area contributed by atoms with Crippen molar-refractivity contribution in [2.75, 3.05) is 7.05 Å². The maximum absolute atomic E-state index is 13.7. The van der Waals surface area contributed by atoms with E-state index in [-0.39, 0.29) is 11.9 Å². The van der Waals surface area contributed by atoms with E-state index in [0.29, 0.717) is 17.0 Å². The second kappa shape index (κ2) is 6.32. The Hall–Kier alpha value is -0.900. The summed E-state index contributed by atoms with van der Waals surface area (Å²) in [6.45, 7) is 0. The van der Waals surface area contributed by atoms with Crippen molar-refractivity contribution in [3.63, 3.8) is 0 Å². The van der Waals surface area contributed by atoms with Crippen LogP contribution in [0.2, 0.25) is 5.02 Å².